The van der Waals surface area contributed by atoms with E-state index in [1.54, 1.807) is 5.48 Å². The van der Waals surface area contributed by atoms with Crippen LogP contribution in [0.4, 0.5) is 17.1 Å². The van der Waals surface area contributed by atoms with Crippen molar-refractivity contribution in [1.29, 1.82) is 0 Å². The summed E-state index contributed by atoms with van der Waals surface area (Å²) in [7, 11) is 0. The van der Waals surface area contributed by atoms with Crippen LogP contribution in [0.25, 0.3) is 0 Å². The van der Waals surface area contributed by atoms with Crippen LogP contribution in [0.3, 0.4) is 0 Å². The van der Waals surface area contributed by atoms with Gasteiger partial charge in [-0.15, -0.1) is 0 Å². The zero-order valence-corrected chi connectivity index (χ0v) is 10.0. The third kappa shape index (κ3) is 3.84. The summed E-state index contributed by atoms with van der Waals surface area (Å²) < 4.78 is 0. The van der Waals surface area contributed by atoms with Crippen molar-refractivity contribution in [2.45, 2.75) is 0 Å². The maximum absolute atomic E-state index is 10.8. The largest absolute Gasteiger partial charge is 0.479 e. The van der Waals surface area contributed by atoms with Gasteiger partial charge in [-0.25, -0.2) is 9.59 Å². The van der Waals surface area contributed by atoms with E-state index in [0.29, 0.717) is 12.1 Å². The number of nitrogens with zero attached hydrogens (tertiary/aromatic N) is 2. The van der Waals surface area contributed by atoms with Gasteiger partial charge in [0, 0.05) is 12.1 Å². The van der Waals surface area contributed by atoms with Crippen LogP contribution in [0.5, 0.6) is 0 Å². The summed E-state index contributed by atoms with van der Waals surface area (Å²) in [4.78, 5) is 45.0. The van der Waals surface area contributed by atoms with Crippen LogP contribution in [0, 0.1) is 20.2 Å². The fraction of sp³-hybridized carbons (Fsp3) is 0.111. The quantitative estimate of drug-likeness (QED) is 0.476. The molecule has 3 N–H and O–H groups in total. The fourth-order valence-electron chi connectivity index (χ4n) is 1.30. The first-order chi connectivity index (χ1) is 9.73. The second-order valence-electron chi connectivity index (χ2n) is 3.49. The monoisotopic (exact) mass is 301 g/mol. The molecule has 12 heteroatoms. The highest BCUT2D eigenvalue weighted by Gasteiger charge is 2.29. The van der Waals surface area contributed by atoms with Crippen LogP contribution in [0.1, 0.15) is 10.4 Å². The molecule has 0 saturated heterocycles. The second-order valence-corrected chi connectivity index (χ2v) is 3.49. The third-order valence-electron chi connectivity index (χ3n) is 2.11. The van der Waals surface area contributed by atoms with Crippen molar-refractivity contribution < 1.29 is 34.5 Å². The molecule has 0 aliphatic carbocycles. The van der Waals surface area contributed by atoms with Crippen molar-refractivity contribution in [2.24, 2.45) is 0 Å². The number of hydrogen-bond acceptors (Lipinski definition) is 8. The molecule has 0 radical (unpaired) electrons. The molecule has 1 aromatic carbocycles. The van der Waals surface area contributed by atoms with Gasteiger partial charge in [0.1, 0.15) is 0 Å². The van der Waals surface area contributed by atoms with Crippen molar-refractivity contribution in [3.05, 3.63) is 37.9 Å². The number of nitro groups is 2. The number of carboxylic acid groups (broad SMARTS) is 2. The number of aromatic carboxylic acids is 1. The summed E-state index contributed by atoms with van der Waals surface area (Å²) in [6, 6.07) is 1.17. The number of aliphatic carboxylic acids is 1. The molecule has 1 aromatic rings. The summed E-state index contributed by atoms with van der Waals surface area (Å²) in [5.41, 5.74) is -1.51. The molecule has 0 bridgehead atoms. The van der Waals surface area contributed by atoms with E-state index in [2.05, 4.69) is 4.84 Å². The summed E-state index contributed by atoms with van der Waals surface area (Å²) in [6.45, 7) is -0.922. The SMILES string of the molecule is O=C(O)CONc1c([N+](=O)[O-])cc(C(=O)O)cc1[N+](=O)[O-]. The van der Waals surface area contributed by atoms with Crippen molar-refractivity contribution >= 4 is 29.0 Å². The Kier molecular flexibility index (Phi) is 4.69. The van der Waals surface area contributed by atoms with Crippen molar-refractivity contribution in [2.75, 3.05) is 12.1 Å². The van der Waals surface area contributed by atoms with Crippen LogP contribution in [-0.4, -0.2) is 38.6 Å². The van der Waals surface area contributed by atoms with Crippen LogP contribution in [-0.2, 0) is 9.63 Å². The Balaban J connectivity index is 3.35. The Morgan fingerprint density at radius 2 is 1.62 bits per heavy atom. The number of carboxylic acids is 2. The summed E-state index contributed by atoms with van der Waals surface area (Å²) in [6.07, 6.45) is 0. The van der Waals surface area contributed by atoms with E-state index in [9.17, 15) is 29.8 Å². The van der Waals surface area contributed by atoms with Crippen LogP contribution in [0.15, 0.2) is 12.1 Å². The Bertz CT molecular complexity index is 592. The lowest BCUT2D eigenvalue weighted by Gasteiger charge is -2.07. The first-order valence-corrected chi connectivity index (χ1v) is 5.03. The molecule has 0 atom stereocenters. The van der Waals surface area contributed by atoms with Gasteiger partial charge < -0.3 is 10.2 Å². The maximum Gasteiger partial charge on any atom is 0.336 e. The molecule has 1 rings (SSSR count). The average molecular weight is 301 g/mol. The minimum atomic E-state index is -1.60. The topological polar surface area (TPSA) is 182 Å². The molecule has 0 aliphatic rings. The van der Waals surface area contributed by atoms with Crippen LogP contribution >= 0.6 is 0 Å². The first-order valence-electron chi connectivity index (χ1n) is 5.03. The van der Waals surface area contributed by atoms with E-state index in [1.807, 2.05) is 0 Å². The zero-order chi connectivity index (χ0) is 16.2. The Hall–Kier alpha value is -3.28. The van der Waals surface area contributed by atoms with Crippen LogP contribution in [0.2, 0.25) is 0 Å². The van der Waals surface area contributed by atoms with Crippen molar-refractivity contribution in [3.8, 4) is 0 Å². The molecule has 0 saturated carbocycles. The molecule has 0 spiro atoms. The van der Waals surface area contributed by atoms with Gasteiger partial charge in [-0.1, -0.05) is 0 Å². The van der Waals surface area contributed by atoms with Gasteiger partial charge in [0.2, 0.25) is 5.69 Å². The molecule has 0 heterocycles. The van der Waals surface area contributed by atoms with Crippen LogP contribution < -0.4 is 5.48 Å². The molecular formula is C9H7N3O9. The number of hydrogen-bond donors (Lipinski definition) is 3. The number of anilines is 1. The van der Waals surface area contributed by atoms with Gasteiger partial charge in [-0.3, -0.25) is 30.5 Å². The van der Waals surface area contributed by atoms with Crippen molar-refractivity contribution in [1.82, 2.24) is 0 Å². The van der Waals surface area contributed by atoms with E-state index >= 15 is 0 Å². The smallest absolute Gasteiger partial charge is 0.336 e. The highest BCUT2D eigenvalue weighted by atomic mass is 16.7. The van der Waals surface area contributed by atoms with E-state index in [4.69, 9.17) is 10.2 Å². The third-order valence-corrected chi connectivity index (χ3v) is 2.11. The molecular weight excluding hydrogens is 294 g/mol. The van der Waals surface area contributed by atoms with E-state index < -0.39 is 51.0 Å². The summed E-state index contributed by atoms with van der Waals surface area (Å²) in [5, 5.41) is 38.8. The predicted octanol–water partition coefficient (Wildman–Crippen LogP) is 0.629. The number of rotatable bonds is 7. The lowest BCUT2D eigenvalue weighted by atomic mass is 10.1. The average Bonchev–Trinajstić information content (AvgIpc) is 2.37. The maximum atomic E-state index is 10.8. The summed E-state index contributed by atoms with van der Waals surface area (Å²) in [5.74, 6) is -3.02. The lowest BCUT2D eigenvalue weighted by Crippen LogP contribution is -2.14. The van der Waals surface area contributed by atoms with Gasteiger partial charge in [0.15, 0.2) is 6.61 Å². The van der Waals surface area contributed by atoms with Gasteiger partial charge in [0.05, 0.1) is 15.4 Å². The van der Waals surface area contributed by atoms with E-state index in [0.717, 1.165) is 0 Å². The summed E-state index contributed by atoms with van der Waals surface area (Å²) >= 11 is 0. The number of nitrogens with one attached hydrogen (secondary N) is 1. The molecule has 0 amide bonds. The number of nitro benzene ring substituents is 2. The van der Waals surface area contributed by atoms with Gasteiger partial charge in [-0.05, 0) is 0 Å². The zero-order valence-electron chi connectivity index (χ0n) is 10.0. The normalized spacial score (nSPS) is 9.90. The van der Waals surface area contributed by atoms with Gasteiger partial charge >= 0.3 is 23.3 Å². The van der Waals surface area contributed by atoms with E-state index in [1.165, 1.54) is 0 Å². The predicted molar refractivity (Wildman–Crippen MR) is 63.9 cm³/mol. The molecule has 0 aromatic heterocycles. The Morgan fingerprint density at radius 3 is 1.95 bits per heavy atom. The number of benzene rings is 1. The minimum Gasteiger partial charge on any atom is -0.479 e. The highest BCUT2D eigenvalue weighted by Crippen LogP contribution is 2.35. The second kappa shape index (κ2) is 6.25. The Labute approximate surface area is 114 Å². The molecule has 0 aliphatic heterocycles. The molecule has 0 unspecified atom stereocenters. The molecule has 21 heavy (non-hydrogen) atoms. The molecule has 0 fully saturated rings. The van der Waals surface area contributed by atoms with Gasteiger partial charge in [-0.2, -0.15) is 0 Å². The Morgan fingerprint density at radius 1 is 1.14 bits per heavy atom. The highest BCUT2D eigenvalue weighted by molar-refractivity contribution is 5.92. The van der Waals surface area contributed by atoms with Crippen molar-refractivity contribution in [3.63, 3.8) is 0 Å². The first kappa shape index (κ1) is 15.8. The minimum absolute atomic E-state index is 0.585. The van der Waals surface area contributed by atoms with Gasteiger partial charge in [0.25, 0.3) is 0 Å². The number of carbonyl (C=O) groups is 2. The molecule has 12 nitrogen and oxygen atoms in total. The van der Waals surface area contributed by atoms with E-state index in [-0.39, 0.29) is 0 Å². The fourth-order valence-corrected chi connectivity index (χ4v) is 1.30. The lowest BCUT2D eigenvalue weighted by molar-refractivity contribution is -0.392. The standard InChI is InChI=1S/C9H7N3O9/c13-7(14)3-21-10-8-5(11(17)18)1-4(9(15)16)2-6(8)12(19)20/h1-2,10H,3H2,(H,13,14)(H,15,16). The molecule has 112 valence electrons.